The molecule has 1 aromatic rings. The second-order valence-corrected chi connectivity index (χ2v) is 5.73. The van der Waals surface area contributed by atoms with Crippen molar-refractivity contribution < 1.29 is 13.2 Å². The number of rotatable bonds is 8. The van der Waals surface area contributed by atoms with Gasteiger partial charge in [-0.3, -0.25) is 4.72 Å². The summed E-state index contributed by atoms with van der Waals surface area (Å²) in [5.74, 6) is -0.0390. The fraction of sp³-hybridized carbons (Fsp3) is 0.500. The zero-order valence-corrected chi connectivity index (χ0v) is 11.6. The summed E-state index contributed by atoms with van der Waals surface area (Å²) in [4.78, 5) is 0. The molecule has 5 nitrogen and oxygen atoms in total. The Morgan fingerprint density at radius 3 is 2.44 bits per heavy atom. The van der Waals surface area contributed by atoms with Crippen LogP contribution in [-0.4, -0.2) is 34.4 Å². The molecule has 0 aliphatic rings. The molecule has 18 heavy (non-hydrogen) atoms. The van der Waals surface area contributed by atoms with E-state index < -0.39 is 10.0 Å². The van der Waals surface area contributed by atoms with Crippen molar-refractivity contribution in [2.45, 2.75) is 13.5 Å². The summed E-state index contributed by atoms with van der Waals surface area (Å²) in [7, 11) is -1.84. The third-order valence-corrected chi connectivity index (χ3v) is 3.61. The minimum absolute atomic E-state index is 0.0390. The first kappa shape index (κ1) is 14.9. The number of hydrogen-bond donors (Lipinski definition) is 2. The van der Waals surface area contributed by atoms with Gasteiger partial charge in [0, 0.05) is 19.3 Å². The van der Waals surface area contributed by atoms with Gasteiger partial charge in [-0.1, -0.05) is 19.1 Å². The number of nitrogens with one attached hydrogen (secondary N) is 2. The van der Waals surface area contributed by atoms with Crippen molar-refractivity contribution in [1.29, 1.82) is 0 Å². The standard InChI is InChI=1S/C12H20N2O3S/c1-3-13-10-11-4-6-12(7-5-11)14-18(15,16)9-8-17-2/h4-7,13-14H,3,8-10H2,1-2H3. The van der Waals surface area contributed by atoms with Gasteiger partial charge in [-0.15, -0.1) is 0 Å². The molecular weight excluding hydrogens is 252 g/mol. The van der Waals surface area contributed by atoms with Gasteiger partial charge < -0.3 is 10.1 Å². The molecule has 0 atom stereocenters. The van der Waals surface area contributed by atoms with Gasteiger partial charge in [0.1, 0.15) is 0 Å². The first-order chi connectivity index (χ1) is 8.57. The Kier molecular flexibility index (Phi) is 6.11. The monoisotopic (exact) mass is 272 g/mol. The van der Waals surface area contributed by atoms with Crippen LogP contribution in [0.25, 0.3) is 0 Å². The molecule has 0 saturated carbocycles. The van der Waals surface area contributed by atoms with E-state index in [0.29, 0.717) is 5.69 Å². The Hall–Kier alpha value is -1.11. The maximum atomic E-state index is 11.6. The van der Waals surface area contributed by atoms with E-state index in [-0.39, 0.29) is 12.4 Å². The van der Waals surface area contributed by atoms with Crippen molar-refractivity contribution >= 4 is 15.7 Å². The highest BCUT2D eigenvalue weighted by atomic mass is 32.2. The molecule has 0 bridgehead atoms. The molecule has 102 valence electrons. The first-order valence-corrected chi connectivity index (χ1v) is 7.51. The molecule has 0 radical (unpaired) electrons. The van der Waals surface area contributed by atoms with Crippen LogP contribution in [0, 0.1) is 0 Å². The molecule has 0 unspecified atom stereocenters. The van der Waals surface area contributed by atoms with E-state index in [9.17, 15) is 8.42 Å². The maximum absolute atomic E-state index is 11.6. The van der Waals surface area contributed by atoms with Gasteiger partial charge in [-0.2, -0.15) is 0 Å². The van der Waals surface area contributed by atoms with Gasteiger partial charge in [0.15, 0.2) is 0 Å². The van der Waals surface area contributed by atoms with E-state index in [0.717, 1.165) is 18.7 Å². The summed E-state index contributed by atoms with van der Waals surface area (Å²) in [6.45, 7) is 3.92. The molecule has 0 spiro atoms. The SMILES string of the molecule is CCNCc1ccc(NS(=O)(=O)CCOC)cc1. The molecule has 6 heteroatoms. The van der Waals surface area contributed by atoms with Gasteiger partial charge in [0.25, 0.3) is 0 Å². The molecule has 0 aromatic heterocycles. The zero-order chi connectivity index (χ0) is 13.4. The van der Waals surface area contributed by atoms with E-state index in [4.69, 9.17) is 4.74 Å². The van der Waals surface area contributed by atoms with Crippen LogP contribution in [0.1, 0.15) is 12.5 Å². The molecule has 0 heterocycles. The van der Waals surface area contributed by atoms with Crippen molar-refractivity contribution in [3.05, 3.63) is 29.8 Å². The van der Waals surface area contributed by atoms with Gasteiger partial charge in [-0.05, 0) is 24.2 Å². The molecule has 1 aromatic carbocycles. The molecule has 0 amide bonds. The third-order valence-electron chi connectivity index (χ3n) is 2.36. The fourth-order valence-corrected chi connectivity index (χ4v) is 2.37. The van der Waals surface area contributed by atoms with Crippen LogP contribution in [0.2, 0.25) is 0 Å². The average Bonchev–Trinajstić information content (AvgIpc) is 2.35. The minimum atomic E-state index is -3.32. The summed E-state index contributed by atoms with van der Waals surface area (Å²) >= 11 is 0. The summed E-state index contributed by atoms with van der Waals surface area (Å²) in [6.07, 6.45) is 0. The lowest BCUT2D eigenvalue weighted by atomic mass is 10.2. The number of ether oxygens (including phenoxy) is 1. The predicted octanol–water partition coefficient (Wildman–Crippen LogP) is 1.18. The maximum Gasteiger partial charge on any atom is 0.234 e. The summed E-state index contributed by atoms with van der Waals surface area (Å²) in [5.41, 5.74) is 1.70. The van der Waals surface area contributed by atoms with E-state index in [1.54, 1.807) is 12.1 Å². The molecule has 0 saturated heterocycles. The fourth-order valence-electron chi connectivity index (χ4n) is 1.38. The van der Waals surface area contributed by atoms with Crippen LogP contribution in [-0.2, 0) is 21.3 Å². The molecule has 0 aliphatic carbocycles. The summed E-state index contributed by atoms with van der Waals surface area (Å²) in [6, 6.07) is 7.32. The van der Waals surface area contributed by atoms with Gasteiger partial charge >= 0.3 is 0 Å². The van der Waals surface area contributed by atoms with Crippen LogP contribution in [0.4, 0.5) is 5.69 Å². The number of hydrogen-bond acceptors (Lipinski definition) is 4. The van der Waals surface area contributed by atoms with Gasteiger partial charge in [0.2, 0.25) is 10.0 Å². The quantitative estimate of drug-likeness (QED) is 0.746. The lowest BCUT2D eigenvalue weighted by Gasteiger charge is -2.08. The van der Waals surface area contributed by atoms with Crippen molar-refractivity contribution in [2.24, 2.45) is 0 Å². The van der Waals surface area contributed by atoms with Crippen molar-refractivity contribution in [1.82, 2.24) is 5.32 Å². The van der Waals surface area contributed by atoms with Crippen LogP contribution in [0.3, 0.4) is 0 Å². The van der Waals surface area contributed by atoms with Crippen molar-refractivity contribution in [3.8, 4) is 0 Å². The third kappa shape index (κ3) is 5.48. The van der Waals surface area contributed by atoms with Gasteiger partial charge in [0.05, 0.1) is 12.4 Å². The Morgan fingerprint density at radius 1 is 1.22 bits per heavy atom. The van der Waals surface area contributed by atoms with Gasteiger partial charge in [-0.25, -0.2) is 8.42 Å². The Labute approximate surface area is 109 Å². The largest absolute Gasteiger partial charge is 0.384 e. The topological polar surface area (TPSA) is 67.4 Å². The van der Waals surface area contributed by atoms with Crippen molar-refractivity contribution in [3.63, 3.8) is 0 Å². The number of methoxy groups -OCH3 is 1. The van der Waals surface area contributed by atoms with E-state index in [2.05, 4.69) is 10.0 Å². The number of anilines is 1. The highest BCUT2D eigenvalue weighted by molar-refractivity contribution is 7.92. The van der Waals surface area contributed by atoms with Crippen molar-refractivity contribution in [2.75, 3.05) is 30.7 Å². The molecular formula is C12H20N2O3S. The first-order valence-electron chi connectivity index (χ1n) is 5.86. The molecule has 0 fully saturated rings. The second kappa shape index (κ2) is 7.35. The zero-order valence-electron chi connectivity index (χ0n) is 10.8. The lowest BCUT2D eigenvalue weighted by molar-refractivity contribution is 0.217. The van der Waals surface area contributed by atoms with Crippen LogP contribution in [0.5, 0.6) is 0 Å². The number of benzene rings is 1. The Morgan fingerprint density at radius 2 is 1.89 bits per heavy atom. The summed E-state index contributed by atoms with van der Waals surface area (Å²) in [5, 5.41) is 3.20. The minimum Gasteiger partial charge on any atom is -0.384 e. The van der Waals surface area contributed by atoms with E-state index in [1.807, 2.05) is 19.1 Å². The predicted molar refractivity (Wildman–Crippen MR) is 73.1 cm³/mol. The Bertz CT molecular complexity index is 443. The lowest BCUT2D eigenvalue weighted by Crippen LogP contribution is -2.19. The normalized spacial score (nSPS) is 11.4. The number of sulfonamides is 1. The highest BCUT2D eigenvalue weighted by Gasteiger charge is 2.09. The van der Waals surface area contributed by atoms with Crippen LogP contribution in [0.15, 0.2) is 24.3 Å². The highest BCUT2D eigenvalue weighted by Crippen LogP contribution is 2.11. The van der Waals surface area contributed by atoms with Crippen LogP contribution >= 0.6 is 0 Å². The van der Waals surface area contributed by atoms with E-state index >= 15 is 0 Å². The smallest absolute Gasteiger partial charge is 0.234 e. The van der Waals surface area contributed by atoms with E-state index in [1.165, 1.54) is 7.11 Å². The summed E-state index contributed by atoms with van der Waals surface area (Å²) < 4.78 is 30.5. The second-order valence-electron chi connectivity index (χ2n) is 3.89. The average molecular weight is 272 g/mol. The molecule has 1 rings (SSSR count). The Balaban J connectivity index is 2.57. The van der Waals surface area contributed by atoms with Crippen LogP contribution < -0.4 is 10.0 Å². The molecule has 2 N–H and O–H groups in total. The molecule has 0 aliphatic heterocycles.